The quantitative estimate of drug-likeness (QED) is 0.380. The van der Waals surface area contributed by atoms with Gasteiger partial charge in [-0.2, -0.15) is 4.98 Å². The van der Waals surface area contributed by atoms with Gasteiger partial charge in [0.15, 0.2) is 0 Å². The van der Waals surface area contributed by atoms with Crippen molar-refractivity contribution in [1.82, 2.24) is 15.3 Å². The molecule has 1 amide bonds. The fourth-order valence-electron chi connectivity index (χ4n) is 4.67. The Labute approximate surface area is 206 Å². The van der Waals surface area contributed by atoms with Crippen LogP contribution in [0.1, 0.15) is 41.7 Å². The van der Waals surface area contributed by atoms with Gasteiger partial charge in [-0.25, -0.2) is 4.98 Å². The van der Waals surface area contributed by atoms with Crippen LogP contribution in [0.5, 0.6) is 0 Å². The number of fused-ring (bicyclic) bond motifs is 1. The number of nitrogens with zero attached hydrogens (tertiary/aromatic N) is 3. The maximum atomic E-state index is 13.8. The number of amides is 1. The van der Waals surface area contributed by atoms with Crippen molar-refractivity contribution < 1.29 is 4.79 Å². The van der Waals surface area contributed by atoms with E-state index in [9.17, 15) is 4.79 Å². The van der Waals surface area contributed by atoms with Crippen LogP contribution in [-0.4, -0.2) is 35.5 Å². The predicted octanol–water partition coefficient (Wildman–Crippen LogP) is 5.45. The summed E-state index contributed by atoms with van der Waals surface area (Å²) in [7, 11) is 0. The minimum atomic E-state index is -0.0324. The molecule has 1 aromatic heterocycles. The Balaban J connectivity index is 1.44. The van der Waals surface area contributed by atoms with Gasteiger partial charge in [0.1, 0.15) is 5.82 Å². The summed E-state index contributed by atoms with van der Waals surface area (Å²) in [6.07, 6.45) is 3.82. The van der Waals surface area contributed by atoms with Crippen molar-refractivity contribution in [2.75, 3.05) is 29.9 Å². The lowest BCUT2D eigenvalue weighted by atomic mass is 9.97. The minimum Gasteiger partial charge on any atom is -0.348 e. The Hall–Kier alpha value is -3.77. The molecule has 0 radical (unpaired) electrons. The summed E-state index contributed by atoms with van der Waals surface area (Å²) >= 11 is 0. The van der Waals surface area contributed by atoms with Gasteiger partial charge in [0, 0.05) is 18.3 Å². The molecule has 0 bridgehead atoms. The molecule has 4 aromatic rings. The Morgan fingerprint density at radius 3 is 2.54 bits per heavy atom. The molecule has 1 aliphatic rings. The normalized spacial score (nSPS) is 15.0. The number of nitrogens with one attached hydrogen (secondary N) is 2. The molecule has 0 aliphatic carbocycles. The standard InChI is InChI=1S/C29H31N5O/c1-21(23-7-3-2-4-8-23)32-29-31-18-15-27(33-29)34(20-22-13-16-30-17-14-22)28(35)26-12-11-24-9-5-6-10-25(24)19-26/h2-12,15,18-19,21-22,30H,13-14,16-17,20H2,1H3,(H,31,32,33)/t21-/m0/s1. The summed E-state index contributed by atoms with van der Waals surface area (Å²) in [6, 6.07) is 26.1. The van der Waals surface area contributed by atoms with E-state index in [1.165, 1.54) is 0 Å². The molecule has 0 saturated carbocycles. The lowest BCUT2D eigenvalue weighted by Crippen LogP contribution is -2.40. The molecule has 35 heavy (non-hydrogen) atoms. The number of benzene rings is 3. The van der Waals surface area contributed by atoms with Gasteiger partial charge in [-0.1, -0.05) is 60.7 Å². The van der Waals surface area contributed by atoms with E-state index in [0.717, 1.165) is 42.3 Å². The number of hydrogen-bond donors (Lipinski definition) is 2. The van der Waals surface area contributed by atoms with E-state index in [2.05, 4.69) is 40.7 Å². The van der Waals surface area contributed by atoms with E-state index in [1.54, 1.807) is 6.20 Å². The van der Waals surface area contributed by atoms with Gasteiger partial charge in [-0.15, -0.1) is 0 Å². The molecule has 6 nitrogen and oxygen atoms in total. The third-order valence-corrected chi connectivity index (χ3v) is 6.70. The third-order valence-electron chi connectivity index (χ3n) is 6.70. The van der Waals surface area contributed by atoms with Crippen molar-refractivity contribution in [2.45, 2.75) is 25.8 Å². The molecular weight excluding hydrogens is 434 g/mol. The van der Waals surface area contributed by atoms with Gasteiger partial charge < -0.3 is 10.6 Å². The van der Waals surface area contributed by atoms with Crippen LogP contribution in [0.2, 0.25) is 0 Å². The zero-order valence-corrected chi connectivity index (χ0v) is 20.0. The van der Waals surface area contributed by atoms with E-state index in [1.807, 2.05) is 65.6 Å². The molecule has 2 heterocycles. The number of carbonyl (C=O) groups excluding carboxylic acids is 1. The predicted molar refractivity (Wildman–Crippen MR) is 142 cm³/mol. The second kappa shape index (κ2) is 10.7. The van der Waals surface area contributed by atoms with E-state index in [0.29, 0.717) is 29.8 Å². The molecule has 1 fully saturated rings. The molecule has 1 saturated heterocycles. The number of rotatable bonds is 7. The first-order valence-corrected chi connectivity index (χ1v) is 12.3. The number of carbonyl (C=O) groups is 1. The smallest absolute Gasteiger partial charge is 0.259 e. The van der Waals surface area contributed by atoms with Gasteiger partial charge in [0.25, 0.3) is 5.91 Å². The van der Waals surface area contributed by atoms with Gasteiger partial charge >= 0.3 is 0 Å². The van der Waals surface area contributed by atoms with Crippen LogP contribution in [0, 0.1) is 5.92 Å². The monoisotopic (exact) mass is 465 g/mol. The highest BCUT2D eigenvalue weighted by Gasteiger charge is 2.25. The second-order valence-electron chi connectivity index (χ2n) is 9.19. The molecular formula is C29H31N5O. The third kappa shape index (κ3) is 5.49. The Bertz CT molecular complexity index is 1290. The summed E-state index contributed by atoms with van der Waals surface area (Å²) in [4.78, 5) is 24.9. The minimum absolute atomic E-state index is 0.0324. The molecule has 178 valence electrons. The van der Waals surface area contributed by atoms with Crippen molar-refractivity contribution >= 4 is 28.4 Å². The van der Waals surface area contributed by atoms with Crippen LogP contribution in [0.4, 0.5) is 11.8 Å². The van der Waals surface area contributed by atoms with Gasteiger partial charge in [0.2, 0.25) is 5.95 Å². The van der Waals surface area contributed by atoms with Crippen molar-refractivity contribution in [2.24, 2.45) is 5.92 Å². The Kier molecular flexibility index (Phi) is 7.00. The summed E-state index contributed by atoms with van der Waals surface area (Å²) in [5.41, 5.74) is 1.82. The molecule has 1 atom stereocenters. The average molecular weight is 466 g/mol. The van der Waals surface area contributed by atoms with E-state index in [-0.39, 0.29) is 11.9 Å². The van der Waals surface area contributed by atoms with Crippen molar-refractivity contribution in [1.29, 1.82) is 0 Å². The van der Waals surface area contributed by atoms with Crippen LogP contribution in [0.15, 0.2) is 85.1 Å². The van der Waals surface area contributed by atoms with E-state index >= 15 is 0 Å². The number of hydrogen-bond acceptors (Lipinski definition) is 5. The maximum Gasteiger partial charge on any atom is 0.259 e. The Morgan fingerprint density at radius 2 is 1.74 bits per heavy atom. The van der Waals surface area contributed by atoms with Crippen LogP contribution in [-0.2, 0) is 0 Å². The lowest BCUT2D eigenvalue weighted by molar-refractivity contribution is 0.0980. The lowest BCUT2D eigenvalue weighted by Gasteiger charge is -2.30. The number of aromatic nitrogens is 2. The molecule has 1 aliphatic heterocycles. The summed E-state index contributed by atoms with van der Waals surface area (Å²) in [5.74, 6) is 1.53. The molecule has 2 N–H and O–H groups in total. The zero-order chi connectivity index (χ0) is 24.0. The van der Waals surface area contributed by atoms with E-state index < -0.39 is 0 Å². The summed E-state index contributed by atoms with van der Waals surface area (Å²) in [6.45, 7) is 4.68. The first-order chi connectivity index (χ1) is 17.2. The second-order valence-corrected chi connectivity index (χ2v) is 9.19. The highest BCUT2D eigenvalue weighted by atomic mass is 16.2. The van der Waals surface area contributed by atoms with Crippen molar-refractivity contribution in [3.8, 4) is 0 Å². The highest BCUT2D eigenvalue weighted by molar-refractivity contribution is 6.07. The molecule has 0 unspecified atom stereocenters. The van der Waals surface area contributed by atoms with E-state index in [4.69, 9.17) is 4.98 Å². The molecule has 0 spiro atoms. The first kappa shape index (κ1) is 23.0. The summed E-state index contributed by atoms with van der Waals surface area (Å²) in [5, 5.41) is 8.99. The maximum absolute atomic E-state index is 13.8. The Morgan fingerprint density at radius 1 is 1.00 bits per heavy atom. The molecule has 5 rings (SSSR count). The molecule has 3 aromatic carbocycles. The largest absolute Gasteiger partial charge is 0.348 e. The van der Waals surface area contributed by atoms with Crippen LogP contribution in [0.3, 0.4) is 0 Å². The van der Waals surface area contributed by atoms with Crippen LogP contribution in [0.25, 0.3) is 10.8 Å². The number of piperidine rings is 1. The van der Waals surface area contributed by atoms with Gasteiger partial charge in [-0.05, 0) is 73.3 Å². The van der Waals surface area contributed by atoms with Crippen molar-refractivity contribution in [3.05, 3.63) is 96.2 Å². The van der Waals surface area contributed by atoms with Crippen LogP contribution < -0.4 is 15.5 Å². The first-order valence-electron chi connectivity index (χ1n) is 12.3. The van der Waals surface area contributed by atoms with Crippen molar-refractivity contribution in [3.63, 3.8) is 0 Å². The van der Waals surface area contributed by atoms with Crippen LogP contribution >= 0.6 is 0 Å². The SMILES string of the molecule is C[C@H](Nc1nccc(N(CC2CCNCC2)C(=O)c2ccc3ccccc3c2)n1)c1ccccc1. The number of anilines is 2. The zero-order valence-electron chi connectivity index (χ0n) is 20.0. The average Bonchev–Trinajstić information content (AvgIpc) is 2.92. The highest BCUT2D eigenvalue weighted by Crippen LogP contribution is 2.24. The molecule has 6 heteroatoms. The fraction of sp³-hybridized carbons (Fsp3) is 0.276. The van der Waals surface area contributed by atoms with Gasteiger partial charge in [-0.3, -0.25) is 9.69 Å². The van der Waals surface area contributed by atoms with Gasteiger partial charge in [0.05, 0.1) is 6.04 Å². The topological polar surface area (TPSA) is 70.2 Å². The fourth-order valence-corrected chi connectivity index (χ4v) is 4.67. The summed E-state index contributed by atoms with van der Waals surface area (Å²) < 4.78 is 0.